The molecule has 1 aromatic carbocycles. The zero-order chi connectivity index (χ0) is 13.5. The smallest absolute Gasteiger partial charge is 0.230 e. The number of carbonyl (C=O) groups excluding carboxylic acids is 1. The van der Waals surface area contributed by atoms with Gasteiger partial charge in [0.15, 0.2) is 0 Å². The second kappa shape index (κ2) is 7.92. The summed E-state index contributed by atoms with van der Waals surface area (Å²) in [5, 5.41) is 2.93. The maximum absolute atomic E-state index is 11.6. The molecule has 0 radical (unpaired) electrons. The van der Waals surface area contributed by atoms with E-state index in [0.29, 0.717) is 12.3 Å². The van der Waals surface area contributed by atoms with E-state index in [9.17, 15) is 4.79 Å². The number of ether oxygens (including phenoxy) is 1. The quantitative estimate of drug-likeness (QED) is 0.862. The third-order valence-corrected chi connectivity index (χ3v) is 4.50. The first-order valence-electron chi connectivity index (χ1n) is 6.44. The van der Waals surface area contributed by atoms with Crippen molar-refractivity contribution in [3.05, 3.63) is 34.3 Å². The van der Waals surface area contributed by atoms with E-state index in [1.165, 1.54) is 5.56 Å². The van der Waals surface area contributed by atoms with Crippen LogP contribution in [-0.2, 0) is 15.3 Å². The van der Waals surface area contributed by atoms with Gasteiger partial charge in [0.05, 0.1) is 11.9 Å². The summed E-state index contributed by atoms with van der Waals surface area (Å²) in [4.78, 5) is 11.6. The minimum atomic E-state index is 0.0950. The van der Waals surface area contributed by atoms with Crippen molar-refractivity contribution in [3.8, 4) is 0 Å². The number of hydrogen-bond acceptors (Lipinski definition) is 3. The van der Waals surface area contributed by atoms with E-state index >= 15 is 0 Å². The van der Waals surface area contributed by atoms with E-state index in [1.807, 2.05) is 12.1 Å². The molecule has 5 heteroatoms. The molecule has 1 N–H and O–H groups in total. The first-order valence-corrected chi connectivity index (χ1v) is 8.39. The Morgan fingerprint density at radius 2 is 2.21 bits per heavy atom. The van der Waals surface area contributed by atoms with Gasteiger partial charge in [0.25, 0.3) is 0 Å². The average molecular weight is 344 g/mol. The highest BCUT2D eigenvalue weighted by molar-refractivity contribution is 9.10. The fourth-order valence-electron chi connectivity index (χ4n) is 1.93. The summed E-state index contributed by atoms with van der Waals surface area (Å²) < 4.78 is 6.54. The van der Waals surface area contributed by atoms with Crippen LogP contribution in [0.2, 0.25) is 0 Å². The van der Waals surface area contributed by atoms with Crippen LogP contribution in [-0.4, -0.2) is 30.9 Å². The van der Waals surface area contributed by atoms with E-state index in [-0.39, 0.29) is 12.0 Å². The van der Waals surface area contributed by atoms with Crippen molar-refractivity contribution < 1.29 is 9.53 Å². The Morgan fingerprint density at radius 1 is 1.42 bits per heavy atom. The molecule has 1 fully saturated rings. The summed E-state index contributed by atoms with van der Waals surface area (Å²) in [5.41, 5.74) is 1.24. The lowest BCUT2D eigenvalue weighted by atomic mass is 10.2. The number of rotatable bonds is 6. The van der Waals surface area contributed by atoms with Gasteiger partial charge in [-0.05, 0) is 30.5 Å². The number of halogens is 1. The Bertz CT molecular complexity index is 404. The van der Waals surface area contributed by atoms with Crippen LogP contribution in [0.1, 0.15) is 18.4 Å². The normalized spacial score (nSPS) is 18.5. The zero-order valence-corrected chi connectivity index (χ0v) is 13.1. The molecular formula is C14H18BrNO2S. The monoisotopic (exact) mass is 343 g/mol. The number of thioether (sulfide) groups is 1. The molecule has 0 spiro atoms. The first kappa shape index (κ1) is 14.9. The summed E-state index contributed by atoms with van der Waals surface area (Å²) in [6, 6.07) is 8.18. The molecule has 0 saturated carbocycles. The van der Waals surface area contributed by atoms with Crippen LogP contribution in [0.25, 0.3) is 0 Å². The molecule has 2 rings (SSSR count). The summed E-state index contributed by atoms with van der Waals surface area (Å²) >= 11 is 5.04. The summed E-state index contributed by atoms with van der Waals surface area (Å²) in [6.45, 7) is 1.48. The first-order chi connectivity index (χ1) is 9.24. The highest BCUT2D eigenvalue weighted by Gasteiger charge is 2.15. The van der Waals surface area contributed by atoms with Crippen molar-refractivity contribution in [1.82, 2.24) is 5.32 Å². The number of nitrogens with one attached hydrogen (secondary N) is 1. The Labute approximate surface area is 126 Å². The molecule has 1 heterocycles. The molecule has 1 aliphatic rings. The molecule has 0 bridgehead atoms. The van der Waals surface area contributed by atoms with Gasteiger partial charge in [0.2, 0.25) is 5.91 Å². The molecule has 1 atom stereocenters. The molecule has 0 aromatic heterocycles. The molecule has 0 unspecified atom stereocenters. The van der Waals surface area contributed by atoms with Gasteiger partial charge in [-0.2, -0.15) is 0 Å². The van der Waals surface area contributed by atoms with Crippen LogP contribution in [0.15, 0.2) is 28.7 Å². The molecule has 0 aliphatic carbocycles. The minimum Gasteiger partial charge on any atom is -0.376 e. The molecule has 1 aliphatic heterocycles. The van der Waals surface area contributed by atoms with Crippen molar-refractivity contribution in [2.45, 2.75) is 24.7 Å². The molecule has 3 nitrogen and oxygen atoms in total. The fraction of sp³-hybridized carbons (Fsp3) is 0.500. The number of amides is 1. The lowest BCUT2D eigenvalue weighted by Crippen LogP contribution is -2.32. The largest absolute Gasteiger partial charge is 0.376 e. The van der Waals surface area contributed by atoms with Gasteiger partial charge in [0, 0.05) is 23.4 Å². The number of carbonyl (C=O) groups is 1. The Hall–Kier alpha value is -0.520. The SMILES string of the molecule is O=C(CSCc1ccc(Br)cc1)NC[C@H]1CCCO1. The topological polar surface area (TPSA) is 38.3 Å². The maximum Gasteiger partial charge on any atom is 0.230 e. The van der Waals surface area contributed by atoms with Crippen molar-refractivity contribution in [2.24, 2.45) is 0 Å². The van der Waals surface area contributed by atoms with E-state index in [2.05, 4.69) is 33.4 Å². The third kappa shape index (κ3) is 5.55. The Balaban J connectivity index is 1.59. The van der Waals surface area contributed by atoms with Gasteiger partial charge >= 0.3 is 0 Å². The summed E-state index contributed by atoms with van der Waals surface area (Å²) in [7, 11) is 0. The lowest BCUT2D eigenvalue weighted by molar-refractivity contribution is -0.119. The third-order valence-electron chi connectivity index (χ3n) is 2.97. The molecule has 1 aromatic rings. The van der Waals surface area contributed by atoms with Gasteiger partial charge in [-0.25, -0.2) is 0 Å². The summed E-state index contributed by atoms with van der Waals surface area (Å²) in [5.74, 6) is 1.46. The predicted molar refractivity (Wildman–Crippen MR) is 82.3 cm³/mol. The highest BCUT2D eigenvalue weighted by atomic mass is 79.9. The van der Waals surface area contributed by atoms with Crippen LogP contribution in [0.3, 0.4) is 0 Å². The molecule has 1 saturated heterocycles. The van der Waals surface area contributed by atoms with E-state index in [4.69, 9.17) is 4.74 Å². The highest BCUT2D eigenvalue weighted by Crippen LogP contribution is 2.16. The van der Waals surface area contributed by atoms with Crippen LogP contribution >= 0.6 is 27.7 Å². The molecule has 1 amide bonds. The standard InChI is InChI=1S/C14H18BrNO2S/c15-12-5-3-11(4-6-12)9-19-10-14(17)16-8-13-2-1-7-18-13/h3-6,13H,1-2,7-10H2,(H,16,17)/t13-/m1/s1. The number of benzene rings is 1. The lowest BCUT2D eigenvalue weighted by Gasteiger charge is -2.10. The molecule has 104 valence electrons. The number of hydrogen-bond donors (Lipinski definition) is 1. The molecular weight excluding hydrogens is 326 g/mol. The van der Waals surface area contributed by atoms with Gasteiger partial charge in [0.1, 0.15) is 0 Å². The van der Waals surface area contributed by atoms with Crippen molar-refractivity contribution in [2.75, 3.05) is 18.9 Å². The van der Waals surface area contributed by atoms with E-state index in [0.717, 1.165) is 29.7 Å². The van der Waals surface area contributed by atoms with Crippen LogP contribution in [0, 0.1) is 0 Å². The van der Waals surface area contributed by atoms with Crippen molar-refractivity contribution >= 4 is 33.6 Å². The van der Waals surface area contributed by atoms with Crippen molar-refractivity contribution in [1.29, 1.82) is 0 Å². The van der Waals surface area contributed by atoms with Crippen LogP contribution in [0.5, 0.6) is 0 Å². The van der Waals surface area contributed by atoms with Gasteiger partial charge in [-0.15, -0.1) is 11.8 Å². The second-order valence-electron chi connectivity index (χ2n) is 4.56. The van der Waals surface area contributed by atoms with Gasteiger partial charge < -0.3 is 10.1 Å². The Morgan fingerprint density at radius 3 is 2.89 bits per heavy atom. The fourth-order valence-corrected chi connectivity index (χ4v) is 3.01. The van der Waals surface area contributed by atoms with Crippen molar-refractivity contribution in [3.63, 3.8) is 0 Å². The second-order valence-corrected chi connectivity index (χ2v) is 6.46. The van der Waals surface area contributed by atoms with E-state index < -0.39 is 0 Å². The predicted octanol–water partition coefficient (Wildman–Crippen LogP) is 2.98. The van der Waals surface area contributed by atoms with E-state index in [1.54, 1.807) is 11.8 Å². The van der Waals surface area contributed by atoms with Crippen LogP contribution in [0.4, 0.5) is 0 Å². The average Bonchev–Trinajstić information content (AvgIpc) is 2.92. The van der Waals surface area contributed by atoms with Gasteiger partial charge in [-0.1, -0.05) is 28.1 Å². The van der Waals surface area contributed by atoms with Gasteiger partial charge in [-0.3, -0.25) is 4.79 Å². The minimum absolute atomic E-state index is 0.0950. The van der Waals surface area contributed by atoms with Crippen LogP contribution < -0.4 is 5.32 Å². The zero-order valence-electron chi connectivity index (χ0n) is 10.7. The summed E-state index contributed by atoms with van der Waals surface area (Å²) in [6.07, 6.45) is 2.39. The maximum atomic E-state index is 11.6. The molecule has 19 heavy (non-hydrogen) atoms. The Kier molecular flexibility index (Phi) is 6.20.